The summed E-state index contributed by atoms with van der Waals surface area (Å²) in [6.45, 7) is 9.75. The highest BCUT2D eigenvalue weighted by Crippen LogP contribution is 2.31. The molecular weight excluding hydrogens is 502 g/mol. The first-order valence-electron chi connectivity index (χ1n) is 12.4. The van der Waals surface area contributed by atoms with Gasteiger partial charge in [0.05, 0.1) is 23.4 Å². The summed E-state index contributed by atoms with van der Waals surface area (Å²) in [6.07, 6.45) is 0. The van der Waals surface area contributed by atoms with Gasteiger partial charge in [-0.1, -0.05) is 31.5 Å². The first-order valence-corrected chi connectivity index (χ1v) is 13.2. The van der Waals surface area contributed by atoms with Crippen molar-refractivity contribution in [1.82, 2.24) is 9.88 Å². The fraction of sp³-hybridized carbons (Fsp3) is 0.379. The molecule has 0 bridgehead atoms. The van der Waals surface area contributed by atoms with Crippen molar-refractivity contribution in [2.75, 3.05) is 40.0 Å². The molecule has 0 saturated heterocycles. The molecule has 0 saturated carbocycles. The Bertz CT molecular complexity index is 1290. The molecule has 8 nitrogen and oxygen atoms in total. The SMILES string of the molecule is Cc1ccc(C(=O)OCCN(C)CCOC(=O)c2sc(-c3ccc(OCC(C)C)c(C#N)c3)nc2C)cc1. The van der Waals surface area contributed by atoms with Gasteiger partial charge in [-0.3, -0.25) is 4.90 Å². The Labute approximate surface area is 227 Å². The van der Waals surface area contributed by atoms with Gasteiger partial charge in [0, 0.05) is 18.7 Å². The third kappa shape index (κ3) is 8.13. The van der Waals surface area contributed by atoms with Crippen LogP contribution in [0.1, 0.15) is 50.7 Å². The highest BCUT2D eigenvalue weighted by Gasteiger charge is 2.19. The van der Waals surface area contributed by atoms with E-state index in [0.29, 0.717) is 58.1 Å². The van der Waals surface area contributed by atoms with Crippen molar-refractivity contribution in [1.29, 1.82) is 5.26 Å². The van der Waals surface area contributed by atoms with E-state index in [1.165, 1.54) is 11.3 Å². The Kier molecular flexibility index (Phi) is 10.4. The quantitative estimate of drug-likeness (QED) is 0.289. The maximum atomic E-state index is 12.7. The van der Waals surface area contributed by atoms with Gasteiger partial charge in [-0.15, -0.1) is 11.3 Å². The highest BCUT2D eigenvalue weighted by molar-refractivity contribution is 7.17. The van der Waals surface area contributed by atoms with Crippen LogP contribution >= 0.6 is 11.3 Å². The Balaban J connectivity index is 1.48. The number of rotatable bonds is 12. The van der Waals surface area contributed by atoms with Crippen molar-refractivity contribution in [3.63, 3.8) is 0 Å². The fourth-order valence-corrected chi connectivity index (χ4v) is 4.34. The van der Waals surface area contributed by atoms with Crippen molar-refractivity contribution in [2.24, 2.45) is 5.92 Å². The second-order valence-corrected chi connectivity index (χ2v) is 10.4. The van der Waals surface area contributed by atoms with Crippen molar-refractivity contribution in [2.45, 2.75) is 27.7 Å². The second-order valence-electron chi connectivity index (χ2n) is 9.40. The number of hydrogen-bond acceptors (Lipinski definition) is 9. The number of ether oxygens (including phenoxy) is 3. The molecule has 200 valence electrons. The Morgan fingerprint density at radius 3 is 2.32 bits per heavy atom. The molecular formula is C29H33N3O5S. The number of carbonyl (C=O) groups is 2. The average molecular weight is 536 g/mol. The summed E-state index contributed by atoms with van der Waals surface area (Å²) in [4.78, 5) is 31.7. The summed E-state index contributed by atoms with van der Waals surface area (Å²) in [6, 6.07) is 14.7. The minimum Gasteiger partial charge on any atom is -0.492 e. The number of thiazole rings is 1. The summed E-state index contributed by atoms with van der Waals surface area (Å²) < 4.78 is 16.5. The molecule has 3 rings (SSSR count). The number of esters is 2. The number of carbonyl (C=O) groups excluding carboxylic acids is 2. The van der Waals surface area contributed by atoms with Crippen LogP contribution in [0.4, 0.5) is 0 Å². The minimum absolute atomic E-state index is 0.189. The second kappa shape index (κ2) is 13.7. The number of benzene rings is 2. The largest absolute Gasteiger partial charge is 0.492 e. The smallest absolute Gasteiger partial charge is 0.350 e. The monoisotopic (exact) mass is 535 g/mol. The first kappa shape index (κ1) is 28.8. The highest BCUT2D eigenvalue weighted by atomic mass is 32.1. The van der Waals surface area contributed by atoms with E-state index in [4.69, 9.17) is 14.2 Å². The van der Waals surface area contributed by atoms with Crippen LogP contribution in [0.3, 0.4) is 0 Å². The van der Waals surface area contributed by atoms with Gasteiger partial charge in [0.1, 0.15) is 34.9 Å². The summed E-state index contributed by atoms with van der Waals surface area (Å²) in [7, 11) is 1.87. The van der Waals surface area contributed by atoms with Gasteiger partial charge < -0.3 is 14.2 Å². The van der Waals surface area contributed by atoms with Gasteiger partial charge in [-0.05, 0) is 57.1 Å². The molecule has 0 amide bonds. The summed E-state index contributed by atoms with van der Waals surface area (Å²) >= 11 is 1.23. The van der Waals surface area contributed by atoms with E-state index in [2.05, 4.69) is 11.1 Å². The average Bonchev–Trinajstić information content (AvgIpc) is 3.29. The molecule has 2 aromatic carbocycles. The molecule has 0 aliphatic rings. The van der Waals surface area contributed by atoms with Crippen LogP contribution in [0.25, 0.3) is 10.6 Å². The lowest BCUT2D eigenvalue weighted by molar-refractivity contribution is 0.0422. The molecule has 0 radical (unpaired) electrons. The van der Waals surface area contributed by atoms with E-state index in [-0.39, 0.29) is 19.2 Å². The van der Waals surface area contributed by atoms with Crippen molar-refractivity contribution < 1.29 is 23.8 Å². The van der Waals surface area contributed by atoms with E-state index >= 15 is 0 Å². The lowest BCUT2D eigenvalue weighted by Gasteiger charge is -2.16. The molecule has 0 N–H and O–H groups in total. The molecule has 1 heterocycles. The van der Waals surface area contributed by atoms with Gasteiger partial charge in [-0.2, -0.15) is 5.26 Å². The fourth-order valence-electron chi connectivity index (χ4n) is 3.38. The van der Waals surface area contributed by atoms with E-state index < -0.39 is 5.97 Å². The summed E-state index contributed by atoms with van der Waals surface area (Å²) in [5.74, 6) is 0.0773. The molecule has 0 aliphatic carbocycles. The van der Waals surface area contributed by atoms with E-state index in [9.17, 15) is 14.9 Å². The number of nitrogens with zero attached hydrogens (tertiary/aromatic N) is 3. The Morgan fingerprint density at radius 2 is 1.68 bits per heavy atom. The van der Waals surface area contributed by atoms with Gasteiger partial charge in [0.2, 0.25) is 0 Å². The lowest BCUT2D eigenvalue weighted by atomic mass is 10.1. The molecule has 0 fully saturated rings. The van der Waals surface area contributed by atoms with Crippen molar-refractivity contribution >= 4 is 23.3 Å². The Hall–Kier alpha value is -3.74. The Morgan fingerprint density at radius 1 is 1.03 bits per heavy atom. The molecule has 3 aromatic rings. The minimum atomic E-state index is -0.442. The van der Waals surface area contributed by atoms with Crippen LogP contribution in [-0.2, 0) is 9.47 Å². The molecule has 1 aromatic heterocycles. The molecule has 0 unspecified atom stereocenters. The third-order valence-electron chi connectivity index (χ3n) is 5.60. The number of likely N-dealkylation sites (N-methyl/N-ethyl adjacent to an activating group) is 1. The van der Waals surface area contributed by atoms with Crippen LogP contribution in [0, 0.1) is 31.1 Å². The van der Waals surface area contributed by atoms with Crippen LogP contribution < -0.4 is 4.74 Å². The molecule has 0 spiro atoms. The number of nitriles is 1. The number of hydrogen-bond donors (Lipinski definition) is 0. The maximum Gasteiger partial charge on any atom is 0.350 e. The predicted molar refractivity (Wildman–Crippen MR) is 147 cm³/mol. The zero-order valence-electron chi connectivity index (χ0n) is 22.4. The van der Waals surface area contributed by atoms with E-state index in [1.807, 2.05) is 50.9 Å². The van der Waals surface area contributed by atoms with E-state index in [1.54, 1.807) is 31.2 Å². The molecule has 0 atom stereocenters. The summed E-state index contributed by atoms with van der Waals surface area (Å²) in [5, 5.41) is 10.2. The van der Waals surface area contributed by atoms with Crippen molar-refractivity contribution in [3.05, 3.63) is 69.7 Å². The van der Waals surface area contributed by atoms with Crippen LogP contribution in [0.5, 0.6) is 5.75 Å². The lowest BCUT2D eigenvalue weighted by Crippen LogP contribution is -2.28. The van der Waals surface area contributed by atoms with Gasteiger partial charge >= 0.3 is 11.9 Å². The van der Waals surface area contributed by atoms with E-state index in [0.717, 1.165) is 11.1 Å². The number of aromatic nitrogens is 1. The van der Waals surface area contributed by atoms with Crippen LogP contribution in [0.2, 0.25) is 0 Å². The van der Waals surface area contributed by atoms with Gasteiger partial charge in [-0.25, -0.2) is 14.6 Å². The topological polar surface area (TPSA) is 102 Å². The standard InChI is InChI=1S/C29H33N3O5S/c1-19(2)18-37-25-11-10-23(16-24(25)17-30)27-31-21(4)26(38-27)29(34)36-15-13-32(5)12-14-35-28(33)22-8-6-20(3)7-9-22/h6-11,16,19H,12-15,18H2,1-5H3. The molecule has 0 aliphatic heterocycles. The third-order valence-corrected chi connectivity index (χ3v) is 6.79. The molecule has 9 heteroatoms. The van der Waals surface area contributed by atoms with Crippen LogP contribution in [0.15, 0.2) is 42.5 Å². The normalized spacial score (nSPS) is 10.9. The maximum absolute atomic E-state index is 12.7. The zero-order valence-corrected chi connectivity index (χ0v) is 23.3. The summed E-state index contributed by atoms with van der Waals surface area (Å²) in [5.41, 5.74) is 3.34. The molecule has 38 heavy (non-hydrogen) atoms. The van der Waals surface area contributed by atoms with Crippen LogP contribution in [-0.4, -0.2) is 61.8 Å². The zero-order chi connectivity index (χ0) is 27.7. The van der Waals surface area contributed by atoms with Crippen molar-refractivity contribution in [3.8, 4) is 22.4 Å². The van der Waals surface area contributed by atoms with Gasteiger partial charge in [0.15, 0.2) is 0 Å². The van der Waals surface area contributed by atoms with Gasteiger partial charge in [0.25, 0.3) is 0 Å². The first-order chi connectivity index (χ1) is 18.2. The predicted octanol–water partition coefficient (Wildman–Crippen LogP) is 5.28. The number of aryl methyl sites for hydroxylation is 2.